The molecule has 0 spiro atoms. The minimum atomic E-state index is -0.848. The molecule has 1 N–H and O–H groups in total. The highest BCUT2D eigenvalue weighted by atomic mass is 35.5. The van der Waals surface area contributed by atoms with Crippen LogP contribution in [-0.2, 0) is 0 Å². The van der Waals surface area contributed by atoms with Gasteiger partial charge in [-0.05, 0) is 26.0 Å². The minimum absolute atomic E-state index is 0. The third-order valence-electron chi connectivity index (χ3n) is 3.47. The van der Waals surface area contributed by atoms with Crippen LogP contribution in [0.1, 0.15) is 23.2 Å². The highest BCUT2D eigenvalue weighted by molar-refractivity contribution is 5.95. The molecule has 1 saturated heterocycles. The van der Waals surface area contributed by atoms with Gasteiger partial charge in [0.25, 0.3) is 11.6 Å². The van der Waals surface area contributed by atoms with Crippen molar-refractivity contribution in [2.75, 3.05) is 20.1 Å². The first-order valence-corrected chi connectivity index (χ1v) is 6.44. The van der Waals surface area contributed by atoms with E-state index in [-0.39, 0.29) is 29.7 Å². The first-order chi connectivity index (χ1) is 9.54. The average molecular weight is 318 g/mol. The number of non-ortho nitro benzene ring substituents is 1. The summed E-state index contributed by atoms with van der Waals surface area (Å²) < 4.78 is 13.9. The van der Waals surface area contributed by atoms with Crippen molar-refractivity contribution in [2.45, 2.75) is 18.9 Å². The van der Waals surface area contributed by atoms with Gasteiger partial charge in [0.1, 0.15) is 5.82 Å². The smallest absolute Gasteiger partial charge is 0.272 e. The Kier molecular flexibility index (Phi) is 6.04. The Balaban J connectivity index is 0.00000220. The standard InChI is InChI=1S/C13H16FN3O3.ClH/c1-15-8-10-3-2-6-16(10)13(18)11-5-4-9(17(19)20)7-12(11)14;/h4-5,7,10,15H,2-3,6,8H2,1H3;1H. The van der Waals surface area contributed by atoms with Crippen molar-refractivity contribution in [1.29, 1.82) is 0 Å². The molecule has 1 aromatic carbocycles. The van der Waals surface area contributed by atoms with Crippen LogP contribution < -0.4 is 5.32 Å². The van der Waals surface area contributed by atoms with Crippen molar-refractivity contribution in [3.8, 4) is 0 Å². The van der Waals surface area contributed by atoms with Gasteiger partial charge < -0.3 is 10.2 Å². The predicted octanol–water partition coefficient (Wildman–Crippen LogP) is 1.98. The lowest BCUT2D eigenvalue weighted by atomic mass is 10.1. The molecule has 0 bridgehead atoms. The highest BCUT2D eigenvalue weighted by Crippen LogP contribution is 2.23. The predicted molar refractivity (Wildman–Crippen MR) is 78.3 cm³/mol. The van der Waals surface area contributed by atoms with Gasteiger partial charge in [-0.25, -0.2) is 4.39 Å². The SMILES string of the molecule is CNCC1CCCN1C(=O)c1ccc([N+](=O)[O-])cc1F.Cl. The molecule has 1 fully saturated rings. The number of nitrogens with zero attached hydrogens (tertiary/aromatic N) is 2. The van der Waals surface area contributed by atoms with Gasteiger partial charge in [0, 0.05) is 25.2 Å². The molecular formula is C13H17ClFN3O3. The molecule has 0 aromatic heterocycles. The second-order valence-corrected chi connectivity index (χ2v) is 4.77. The Morgan fingerprint density at radius 2 is 2.29 bits per heavy atom. The summed E-state index contributed by atoms with van der Waals surface area (Å²) in [5, 5.41) is 13.6. The van der Waals surface area contributed by atoms with E-state index in [9.17, 15) is 19.3 Å². The Labute approximate surface area is 127 Å². The van der Waals surface area contributed by atoms with Gasteiger partial charge in [-0.2, -0.15) is 0 Å². The lowest BCUT2D eigenvalue weighted by molar-refractivity contribution is -0.385. The van der Waals surface area contributed by atoms with Gasteiger partial charge in [0.15, 0.2) is 0 Å². The zero-order valence-corrected chi connectivity index (χ0v) is 12.4. The molecule has 1 aliphatic heterocycles. The van der Waals surface area contributed by atoms with Gasteiger partial charge in [0.05, 0.1) is 16.6 Å². The Hall–Kier alpha value is -1.73. The molecule has 1 heterocycles. The number of amides is 1. The molecule has 2 rings (SSSR count). The topological polar surface area (TPSA) is 75.5 Å². The maximum absolute atomic E-state index is 13.9. The van der Waals surface area contributed by atoms with E-state index >= 15 is 0 Å². The summed E-state index contributed by atoms with van der Waals surface area (Å²) in [6.07, 6.45) is 1.76. The van der Waals surface area contributed by atoms with Crippen molar-refractivity contribution < 1.29 is 14.1 Å². The summed E-state index contributed by atoms with van der Waals surface area (Å²) in [5.41, 5.74) is -0.467. The lowest BCUT2D eigenvalue weighted by Gasteiger charge is -2.24. The van der Waals surface area contributed by atoms with Crippen molar-refractivity contribution in [3.05, 3.63) is 39.7 Å². The molecule has 1 aliphatic rings. The number of hydrogen-bond donors (Lipinski definition) is 1. The molecule has 1 aromatic rings. The summed E-state index contributed by atoms with van der Waals surface area (Å²) in [4.78, 5) is 23.8. The monoisotopic (exact) mass is 317 g/mol. The van der Waals surface area contributed by atoms with E-state index in [1.54, 1.807) is 11.9 Å². The molecule has 0 saturated carbocycles. The van der Waals surface area contributed by atoms with Gasteiger partial charge in [-0.15, -0.1) is 12.4 Å². The Bertz CT molecular complexity index is 541. The molecule has 116 valence electrons. The van der Waals surface area contributed by atoms with Crippen LogP contribution in [0.3, 0.4) is 0 Å². The van der Waals surface area contributed by atoms with Gasteiger partial charge in [0.2, 0.25) is 0 Å². The first-order valence-electron chi connectivity index (χ1n) is 6.44. The second kappa shape index (κ2) is 7.33. The van der Waals surface area contributed by atoms with Crippen LogP contribution in [-0.4, -0.2) is 41.9 Å². The van der Waals surface area contributed by atoms with Crippen LogP contribution in [0.5, 0.6) is 0 Å². The molecule has 1 unspecified atom stereocenters. The Morgan fingerprint density at radius 3 is 2.86 bits per heavy atom. The maximum atomic E-state index is 13.9. The van der Waals surface area contributed by atoms with E-state index < -0.39 is 16.6 Å². The summed E-state index contributed by atoms with van der Waals surface area (Å²) in [6.45, 7) is 1.24. The third kappa shape index (κ3) is 3.68. The molecule has 21 heavy (non-hydrogen) atoms. The largest absolute Gasteiger partial charge is 0.334 e. The number of benzene rings is 1. The third-order valence-corrected chi connectivity index (χ3v) is 3.47. The number of nitro groups is 1. The zero-order valence-electron chi connectivity index (χ0n) is 11.5. The number of nitro benzene ring substituents is 1. The minimum Gasteiger partial charge on any atom is -0.334 e. The van der Waals surface area contributed by atoms with E-state index in [0.717, 1.165) is 25.0 Å². The van der Waals surface area contributed by atoms with E-state index in [0.29, 0.717) is 13.1 Å². The summed E-state index contributed by atoms with van der Waals surface area (Å²) in [5.74, 6) is -1.26. The molecular weight excluding hydrogens is 301 g/mol. The molecule has 8 heteroatoms. The maximum Gasteiger partial charge on any atom is 0.272 e. The molecule has 6 nitrogen and oxygen atoms in total. The Morgan fingerprint density at radius 1 is 1.57 bits per heavy atom. The van der Waals surface area contributed by atoms with Crippen molar-refractivity contribution in [1.82, 2.24) is 10.2 Å². The average Bonchev–Trinajstić information content (AvgIpc) is 2.86. The second-order valence-electron chi connectivity index (χ2n) is 4.77. The molecule has 0 aliphatic carbocycles. The fourth-order valence-electron chi connectivity index (χ4n) is 2.50. The lowest BCUT2D eigenvalue weighted by Crippen LogP contribution is -2.41. The van der Waals surface area contributed by atoms with Gasteiger partial charge in [-0.1, -0.05) is 0 Å². The van der Waals surface area contributed by atoms with Gasteiger partial charge in [-0.3, -0.25) is 14.9 Å². The van der Waals surface area contributed by atoms with E-state index in [4.69, 9.17) is 0 Å². The zero-order chi connectivity index (χ0) is 14.7. The number of carbonyl (C=O) groups is 1. The van der Waals surface area contributed by atoms with E-state index in [1.807, 2.05) is 0 Å². The number of hydrogen-bond acceptors (Lipinski definition) is 4. The first kappa shape index (κ1) is 17.3. The molecule has 1 amide bonds. The van der Waals surface area contributed by atoms with Crippen LogP contribution in [0.4, 0.5) is 10.1 Å². The molecule has 0 radical (unpaired) electrons. The quantitative estimate of drug-likeness (QED) is 0.680. The van der Waals surface area contributed by atoms with Crippen molar-refractivity contribution >= 4 is 24.0 Å². The number of likely N-dealkylation sites (tertiary alicyclic amines) is 1. The van der Waals surface area contributed by atoms with Crippen LogP contribution in [0.15, 0.2) is 18.2 Å². The summed E-state index contributed by atoms with van der Waals surface area (Å²) in [7, 11) is 1.80. The summed E-state index contributed by atoms with van der Waals surface area (Å²) >= 11 is 0. The van der Waals surface area contributed by atoms with Crippen LogP contribution in [0.2, 0.25) is 0 Å². The fourth-order valence-corrected chi connectivity index (χ4v) is 2.50. The number of carbonyl (C=O) groups excluding carboxylic acids is 1. The van der Waals surface area contributed by atoms with Crippen molar-refractivity contribution in [2.24, 2.45) is 0 Å². The van der Waals surface area contributed by atoms with Crippen LogP contribution in [0, 0.1) is 15.9 Å². The number of likely N-dealkylation sites (N-methyl/N-ethyl adjacent to an activating group) is 1. The number of nitrogens with one attached hydrogen (secondary N) is 1. The van der Waals surface area contributed by atoms with Gasteiger partial charge >= 0.3 is 0 Å². The fraction of sp³-hybridized carbons (Fsp3) is 0.462. The number of halogens is 2. The summed E-state index contributed by atoms with van der Waals surface area (Å²) in [6, 6.07) is 3.17. The van der Waals surface area contributed by atoms with E-state index in [1.165, 1.54) is 6.07 Å². The van der Waals surface area contributed by atoms with E-state index in [2.05, 4.69) is 5.32 Å². The van der Waals surface area contributed by atoms with Crippen molar-refractivity contribution in [3.63, 3.8) is 0 Å². The number of rotatable bonds is 4. The van der Waals surface area contributed by atoms with Crippen LogP contribution >= 0.6 is 12.4 Å². The van der Waals surface area contributed by atoms with Crippen LogP contribution in [0.25, 0.3) is 0 Å². The molecule has 1 atom stereocenters. The normalized spacial score (nSPS) is 17.4. The highest BCUT2D eigenvalue weighted by Gasteiger charge is 2.30.